The van der Waals surface area contributed by atoms with Gasteiger partial charge in [-0.2, -0.15) is 13.2 Å². The highest BCUT2D eigenvalue weighted by molar-refractivity contribution is 7.99. The fraction of sp³-hybridized carbons (Fsp3) is 0.105. The van der Waals surface area contributed by atoms with Crippen molar-refractivity contribution in [1.82, 2.24) is 15.2 Å². The second-order valence-electron chi connectivity index (χ2n) is 5.66. The van der Waals surface area contributed by atoms with Gasteiger partial charge < -0.3 is 5.32 Å². The minimum Gasteiger partial charge on any atom is -0.325 e. The van der Waals surface area contributed by atoms with E-state index in [2.05, 4.69) is 20.5 Å². The number of H-pyrrole nitrogens is 1. The van der Waals surface area contributed by atoms with E-state index in [-0.39, 0.29) is 11.4 Å². The lowest BCUT2D eigenvalue weighted by Gasteiger charge is -2.09. The summed E-state index contributed by atoms with van der Waals surface area (Å²) in [6, 6.07) is 14.1. The molecule has 0 spiro atoms. The Kier molecular flexibility index (Phi) is 6.15. The van der Waals surface area contributed by atoms with E-state index in [0.717, 1.165) is 29.5 Å². The van der Waals surface area contributed by atoms with Crippen LogP contribution in [0, 0.1) is 0 Å². The van der Waals surface area contributed by atoms with Crippen molar-refractivity contribution in [2.75, 3.05) is 11.1 Å². The Labute approximate surface area is 163 Å². The van der Waals surface area contributed by atoms with Gasteiger partial charge in [-0.15, -0.1) is 5.10 Å². The van der Waals surface area contributed by atoms with Crippen LogP contribution in [0.1, 0.15) is 17.0 Å². The Hall–Kier alpha value is -3.07. The molecule has 2 N–H and O–H groups in total. The summed E-state index contributed by atoms with van der Waals surface area (Å²) in [4.78, 5) is 16.2. The van der Waals surface area contributed by atoms with Crippen LogP contribution in [0.4, 0.5) is 18.9 Å². The Morgan fingerprint density at radius 1 is 1.11 bits per heavy atom. The molecule has 1 aromatic heterocycles. The summed E-state index contributed by atoms with van der Waals surface area (Å²) in [6.45, 7) is 0. The van der Waals surface area contributed by atoms with Crippen molar-refractivity contribution in [3.63, 3.8) is 0 Å². The minimum absolute atomic E-state index is 0.0318. The van der Waals surface area contributed by atoms with E-state index in [1.165, 1.54) is 12.1 Å². The number of benzene rings is 2. The van der Waals surface area contributed by atoms with E-state index in [1.807, 2.05) is 36.4 Å². The van der Waals surface area contributed by atoms with E-state index < -0.39 is 17.6 Å². The molecular weight excluding hydrogens is 389 g/mol. The van der Waals surface area contributed by atoms with Gasteiger partial charge in [0.2, 0.25) is 11.1 Å². The molecule has 0 aliphatic carbocycles. The first kappa shape index (κ1) is 19.7. The molecule has 3 aromatic rings. The lowest BCUT2D eigenvalue weighted by atomic mass is 10.2. The number of amides is 1. The van der Waals surface area contributed by atoms with E-state index >= 15 is 0 Å². The highest BCUT2D eigenvalue weighted by atomic mass is 32.2. The first-order valence-corrected chi connectivity index (χ1v) is 9.14. The van der Waals surface area contributed by atoms with Crippen LogP contribution in [0.15, 0.2) is 59.8 Å². The Morgan fingerprint density at radius 3 is 2.64 bits per heavy atom. The van der Waals surface area contributed by atoms with Crippen molar-refractivity contribution in [2.45, 2.75) is 11.3 Å². The average molecular weight is 404 g/mol. The lowest BCUT2D eigenvalue weighted by Crippen LogP contribution is -2.15. The van der Waals surface area contributed by atoms with Crippen molar-refractivity contribution in [3.05, 3.63) is 71.5 Å². The molecule has 28 heavy (non-hydrogen) atoms. The second-order valence-corrected chi connectivity index (χ2v) is 6.61. The van der Waals surface area contributed by atoms with Crippen molar-refractivity contribution >= 4 is 35.5 Å². The number of hydrogen-bond acceptors (Lipinski definition) is 4. The van der Waals surface area contributed by atoms with Crippen LogP contribution in [0.2, 0.25) is 0 Å². The van der Waals surface area contributed by atoms with Crippen molar-refractivity contribution in [2.24, 2.45) is 0 Å². The predicted molar refractivity (Wildman–Crippen MR) is 103 cm³/mol. The van der Waals surface area contributed by atoms with Crippen LogP contribution < -0.4 is 5.32 Å². The summed E-state index contributed by atoms with van der Waals surface area (Å²) in [7, 11) is 0. The normalized spacial score (nSPS) is 11.7. The molecule has 0 fully saturated rings. The number of aromatic amines is 1. The Bertz CT molecular complexity index is 971. The molecule has 2 aromatic carbocycles. The molecule has 0 aliphatic rings. The summed E-state index contributed by atoms with van der Waals surface area (Å²) in [6.07, 6.45) is -0.831. The molecule has 0 aliphatic heterocycles. The van der Waals surface area contributed by atoms with Gasteiger partial charge in [0, 0.05) is 5.69 Å². The molecule has 5 nitrogen and oxygen atoms in total. The Morgan fingerprint density at radius 2 is 1.89 bits per heavy atom. The smallest absolute Gasteiger partial charge is 0.325 e. The molecule has 0 atom stereocenters. The maximum atomic E-state index is 12.7. The number of alkyl halides is 3. The van der Waals surface area contributed by atoms with Gasteiger partial charge in [-0.05, 0) is 29.8 Å². The van der Waals surface area contributed by atoms with Gasteiger partial charge >= 0.3 is 6.18 Å². The zero-order chi connectivity index (χ0) is 20.0. The van der Waals surface area contributed by atoms with Gasteiger partial charge in [0.25, 0.3) is 0 Å². The first-order chi connectivity index (χ1) is 13.4. The maximum Gasteiger partial charge on any atom is 0.416 e. The predicted octanol–water partition coefficient (Wildman–Crippen LogP) is 4.72. The van der Waals surface area contributed by atoms with E-state index in [9.17, 15) is 18.0 Å². The number of aromatic nitrogens is 3. The molecule has 3 rings (SSSR count). The molecule has 1 amide bonds. The van der Waals surface area contributed by atoms with Crippen molar-refractivity contribution in [3.8, 4) is 0 Å². The summed E-state index contributed by atoms with van der Waals surface area (Å²) in [5.74, 6) is 0.0517. The zero-order valence-electron chi connectivity index (χ0n) is 14.4. The summed E-state index contributed by atoms with van der Waals surface area (Å²) in [5.41, 5.74) is 0.275. The van der Waals surface area contributed by atoms with E-state index in [0.29, 0.717) is 11.0 Å². The van der Waals surface area contributed by atoms with Crippen molar-refractivity contribution < 1.29 is 18.0 Å². The molecule has 0 bridgehead atoms. The van der Waals surface area contributed by atoms with E-state index in [4.69, 9.17) is 0 Å². The largest absolute Gasteiger partial charge is 0.416 e. The van der Waals surface area contributed by atoms with Gasteiger partial charge in [-0.1, -0.05) is 54.2 Å². The monoisotopic (exact) mass is 404 g/mol. The van der Waals surface area contributed by atoms with Crippen LogP contribution in [0.25, 0.3) is 12.2 Å². The number of carbonyl (C=O) groups is 1. The third-order valence-electron chi connectivity index (χ3n) is 3.52. The minimum atomic E-state index is -4.46. The summed E-state index contributed by atoms with van der Waals surface area (Å²) in [5, 5.41) is 9.55. The molecule has 0 unspecified atom stereocenters. The fourth-order valence-corrected chi connectivity index (χ4v) is 2.84. The van der Waals surface area contributed by atoms with Crippen LogP contribution in [0.5, 0.6) is 0 Å². The van der Waals surface area contributed by atoms with Crippen LogP contribution in [-0.2, 0) is 11.0 Å². The van der Waals surface area contributed by atoms with Crippen molar-refractivity contribution in [1.29, 1.82) is 0 Å². The zero-order valence-corrected chi connectivity index (χ0v) is 15.2. The highest BCUT2D eigenvalue weighted by Crippen LogP contribution is 2.30. The van der Waals surface area contributed by atoms with Gasteiger partial charge in [-0.25, -0.2) is 4.98 Å². The van der Waals surface area contributed by atoms with Crippen LogP contribution in [-0.4, -0.2) is 26.8 Å². The summed E-state index contributed by atoms with van der Waals surface area (Å²) >= 11 is 1.08. The number of hydrogen-bond donors (Lipinski definition) is 2. The Balaban J connectivity index is 1.53. The van der Waals surface area contributed by atoms with Gasteiger partial charge in [0.15, 0.2) is 0 Å². The van der Waals surface area contributed by atoms with Gasteiger partial charge in [0.05, 0.1) is 11.3 Å². The third-order valence-corrected chi connectivity index (χ3v) is 4.37. The van der Waals surface area contributed by atoms with E-state index in [1.54, 1.807) is 6.08 Å². The molecule has 9 heteroatoms. The molecule has 1 heterocycles. The molecule has 0 saturated carbocycles. The number of carbonyl (C=O) groups excluding carboxylic acids is 1. The number of nitrogens with zero attached hydrogens (tertiary/aromatic N) is 2. The first-order valence-electron chi connectivity index (χ1n) is 8.15. The number of anilines is 1. The van der Waals surface area contributed by atoms with Gasteiger partial charge in [0.1, 0.15) is 5.82 Å². The third kappa shape index (κ3) is 5.71. The summed E-state index contributed by atoms with van der Waals surface area (Å²) < 4.78 is 38.1. The highest BCUT2D eigenvalue weighted by Gasteiger charge is 2.30. The SMILES string of the molecule is O=C(CSc1n[nH]c(/C=C/c2ccccc2)n1)Nc1cccc(C(F)(F)F)c1. The number of halogens is 3. The molecule has 144 valence electrons. The quantitative estimate of drug-likeness (QED) is 0.583. The molecule has 0 saturated heterocycles. The lowest BCUT2D eigenvalue weighted by molar-refractivity contribution is -0.137. The van der Waals surface area contributed by atoms with Gasteiger partial charge in [-0.3, -0.25) is 9.89 Å². The number of thioether (sulfide) groups is 1. The van der Waals surface area contributed by atoms with Crippen LogP contribution in [0.3, 0.4) is 0 Å². The molecule has 0 radical (unpaired) electrons. The number of rotatable bonds is 6. The average Bonchev–Trinajstić information content (AvgIpc) is 3.13. The topological polar surface area (TPSA) is 70.7 Å². The second kappa shape index (κ2) is 8.75. The fourth-order valence-electron chi connectivity index (χ4n) is 2.24. The van der Waals surface area contributed by atoms with Crippen LogP contribution >= 0.6 is 11.8 Å². The molecular formula is C19H15F3N4OS. The number of nitrogens with one attached hydrogen (secondary N) is 2. The standard InChI is InChI=1S/C19H15F3N4OS/c20-19(21,22)14-7-4-8-15(11-14)23-17(27)12-28-18-24-16(25-26-18)10-9-13-5-2-1-3-6-13/h1-11H,12H2,(H,23,27)(H,24,25,26)/b10-9+. The maximum absolute atomic E-state index is 12.7.